The van der Waals surface area contributed by atoms with Crippen LogP contribution in [0.25, 0.3) is 0 Å². The van der Waals surface area contributed by atoms with Crippen LogP contribution in [-0.2, 0) is 4.79 Å². The van der Waals surface area contributed by atoms with Gasteiger partial charge in [0, 0.05) is 31.7 Å². The smallest absolute Gasteiger partial charge is 0.260 e. The molecule has 1 aromatic rings. The molecule has 5 nitrogen and oxygen atoms in total. The van der Waals surface area contributed by atoms with E-state index in [0.29, 0.717) is 13.1 Å². The molecule has 0 N–H and O–H groups in total. The minimum Gasteiger partial charge on any atom is -0.481 e. The molecule has 1 aliphatic rings. The number of hydrogen-bond donors (Lipinski definition) is 0. The number of ketones is 1. The lowest BCUT2D eigenvalue weighted by Gasteiger charge is -2.32. The van der Waals surface area contributed by atoms with Crippen molar-refractivity contribution in [2.24, 2.45) is 0 Å². The van der Waals surface area contributed by atoms with Crippen molar-refractivity contribution < 1.29 is 18.7 Å². The highest BCUT2D eigenvalue weighted by atomic mass is 19.1. The van der Waals surface area contributed by atoms with Gasteiger partial charge in [-0.25, -0.2) is 4.39 Å². The van der Waals surface area contributed by atoms with Crippen molar-refractivity contribution in [2.45, 2.75) is 6.92 Å². The number of ether oxygens (including phenoxy) is 1. The number of Topliss-reactive ketones (excluding diaryl/α,β-unsaturated/α-hetero) is 1. The minimum absolute atomic E-state index is 0.0116. The van der Waals surface area contributed by atoms with Gasteiger partial charge in [0.2, 0.25) is 0 Å². The molecule has 0 aliphatic carbocycles. The first kappa shape index (κ1) is 15.4. The van der Waals surface area contributed by atoms with Gasteiger partial charge < -0.3 is 14.5 Å². The molecule has 0 aromatic heterocycles. The van der Waals surface area contributed by atoms with Gasteiger partial charge in [-0.1, -0.05) is 0 Å². The Labute approximate surface area is 123 Å². The first-order chi connectivity index (χ1) is 9.97. The average molecular weight is 294 g/mol. The number of hydrogen-bond acceptors (Lipinski definition) is 4. The number of nitrogens with zero attached hydrogens (tertiary/aromatic N) is 2. The summed E-state index contributed by atoms with van der Waals surface area (Å²) in [5.74, 6) is -1.01. The molecule has 0 atom stereocenters. The molecule has 1 aromatic carbocycles. The Balaban J connectivity index is 1.91. The van der Waals surface area contributed by atoms with Crippen molar-refractivity contribution in [1.82, 2.24) is 9.80 Å². The highest BCUT2D eigenvalue weighted by Crippen LogP contribution is 2.18. The molecular weight excluding hydrogens is 275 g/mol. The normalized spacial score (nSPS) is 15.9. The van der Waals surface area contributed by atoms with Crippen LogP contribution in [0.3, 0.4) is 0 Å². The van der Waals surface area contributed by atoms with E-state index in [4.69, 9.17) is 4.74 Å². The molecule has 1 amide bonds. The minimum atomic E-state index is -0.631. The fourth-order valence-corrected chi connectivity index (χ4v) is 2.12. The highest BCUT2D eigenvalue weighted by Gasteiger charge is 2.19. The zero-order valence-corrected chi connectivity index (χ0v) is 12.3. The van der Waals surface area contributed by atoms with Crippen LogP contribution in [-0.4, -0.2) is 61.3 Å². The molecule has 1 aliphatic heterocycles. The summed E-state index contributed by atoms with van der Waals surface area (Å²) in [7, 11) is 2.00. The maximum Gasteiger partial charge on any atom is 0.260 e. The highest BCUT2D eigenvalue weighted by molar-refractivity contribution is 5.94. The maximum absolute atomic E-state index is 13.7. The van der Waals surface area contributed by atoms with E-state index in [1.165, 1.54) is 19.1 Å². The second-order valence-corrected chi connectivity index (χ2v) is 5.17. The monoisotopic (exact) mass is 294 g/mol. The Morgan fingerprint density at radius 1 is 1.24 bits per heavy atom. The number of rotatable bonds is 4. The van der Waals surface area contributed by atoms with E-state index in [9.17, 15) is 14.0 Å². The molecular formula is C15H19FN2O3. The third-order valence-corrected chi connectivity index (χ3v) is 3.55. The van der Waals surface area contributed by atoms with Crippen molar-refractivity contribution in [3.05, 3.63) is 29.6 Å². The van der Waals surface area contributed by atoms with Crippen molar-refractivity contribution in [3.63, 3.8) is 0 Å². The fourth-order valence-electron chi connectivity index (χ4n) is 2.12. The maximum atomic E-state index is 13.7. The van der Waals surface area contributed by atoms with E-state index in [-0.39, 0.29) is 29.6 Å². The van der Waals surface area contributed by atoms with Crippen LogP contribution in [0.4, 0.5) is 4.39 Å². The number of amides is 1. The van der Waals surface area contributed by atoms with Crippen LogP contribution in [0, 0.1) is 5.82 Å². The van der Waals surface area contributed by atoms with E-state index in [1.54, 1.807) is 4.90 Å². The molecule has 0 spiro atoms. The lowest BCUT2D eigenvalue weighted by atomic mass is 10.1. The first-order valence-corrected chi connectivity index (χ1v) is 6.87. The van der Waals surface area contributed by atoms with Crippen molar-refractivity contribution >= 4 is 11.7 Å². The van der Waals surface area contributed by atoms with Gasteiger partial charge in [-0.2, -0.15) is 0 Å². The summed E-state index contributed by atoms with van der Waals surface area (Å²) in [4.78, 5) is 27.0. The SMILES string of the molecule is CC(=O)c1ccc(OCC(=O)N2CCN(C)CC2)c(F)c1. The van der Waals surface area contributed by atoms with Crippen LogP contribution in [0.15, 0.2) is 18.2 Å². The van der Waals surface area contributed by atoms with Crippen molar-refractivity contribution in [2.75, 3.05) is 39.8 Å². The number of piperazine rings is 1. The zero-order valence-electron chi connectivity index (χ0n) is 12.3. The number of likely N-dealkylation sites (N-methyl/N-ethyl adjacent to an activating group) is 1. The Bertz CT molecular complexity index is 540. The Morgan fingerprint density at radius 3 is 2.48 bits per heavy atom. The van der Waals surface area contributed by atoms with E-state index in [2.05, 4.69) is 4.90 Å². The van der Waals surface area contributed by atoms with Gasteiger partial charge in [0.25, 0.3) is 5.91 Å². The average Bonchev–Trinajstić information content (AvgIpc) is 2.46. The predicted molar refractivity (Wildman–Crippen MR) is 76.0 cm³/mol. The van der Waals surface area contributed by atoms with Crippen LogP contribution >= 0.6 is 0 Å². The van der Waals surface area contributed by atoms with Crippen molar-refractivity contribution in [1.29, 1.82) is 0 Å². The third-order valence-electron chi connectivity index (χ3n) is 3.55. The molecule has 0 radical (unpaired) electrons. The molecule has 6 heteroatoms. The van der Waals surface area contributed by atoms with Gasteiger partial charge in [-0.05, 0) is 32.2 Å². The molecule has 0 unspecified atom stereocenters. The van der Waals surface area contributed by atoms with Gasteiger partial charge in [0.05, 0.1) is 0 Å². The summed E-state index contributed by atoms with van der Waals surface area (Å²) in [6, 6.07) is 3.99. The van der Waals surface area contributed by atoms with Gasteiger partial charge in [-0.15, -0.1) is 0 Å². The molecule has 1 heterocycles. The predicted octanol–water partition coefficient (Wildman–Crippen LogP) is 1.18. The summed E-state index contributed by atoms with van der Waals surface area (Å²) in [5, 5.41) is 0. The number of halogens is 1. The van der Waals surface area contributed by atoms with Gasteiger partial charge in [-0.3, -0.25) is 9.59 Å². The summed E-state index contributed by atoms with van der Waals surface area (Å²) in [5.41, 5.74) is 0.283. The molecule has 2 rings (SSSR count). The number of carbonyl (C=O) groups excluding carboxylic acids is 2. The van der Waals surface area contributed by atoms with Gasteiger partial charge >= 0.3 is 0 Å². The lowest BCUT2D eigenvalue weighted by molar-refractivity contribution is -0.134. The largest absolute Gasteiger partial charge is 0.481 e. The molecule has 21 heavy (non-hydrogen) atoms. The Kier molecular flexibility index (Phi) is 4.90. The fraction of sp³-hybridized carbons (Fsp3) is 0.467. The Hall–Kier alpha value is -1.95. The molecule has 0 saturated carbocycles. The lowest BCUT2D eigenvalue weighted by Crippen LogP contribution is -2.48. The van der Waals surface area contributed by atoms with E-state index in [1.807, 2.05) is 7.05 Å². The van der Waals surface area contributed by atoms with Gasteiger partial charge in [0.1, 0.15) is 0 Å². The van der Waals surface area contributed by atoms with E-state index >= 15 is 0 Å². The molecule has 0 bridgehead atoms. The third kappa shape index (κ3) is 4.01. The Morgan fingerprint density at radius 2 is 1.90 bits per heavy atom. The second-order valence-electron chi connectivity index (χ2n) is 5.17. The topological polar surface area (TPSA) is 49.9 Å². The summed E-state index contributed by atoms with van der Waals surface area (Å²) in [6.07, 6.45) is 0. The quantitative estimate of drug-likeness (QED) is 0.783. The van der Waals surface area contributed by atoms with E-state index in [0.717, 1.165) is 19.2 Å². The standard InChI is InChI=1S/C15H19FN2O3/c1-11(19)12-3-4-14(13(16)9-12)21-10-15(20)18-7-5-17(2)6-8-18/h3-4,9H,5-8,10H2,1-2H3. The number of benzene rings is 1. The van der Waals surface area contributed by atoms with Crippen LogP contribution < -0.4 is 4.74 Å². The van der Waals surface area contributed by atoms with Crippen molar-refractivity contribution in [3.8, 4) is 5.75 Å². The van der Waals surface area contributed by atoms with Crippen LogP contribution in [0.1, 0.15) is 17.3 Å². The molecule has 1 fully saturated rings. The van der Waals surface area contributed by atoms with Crippen LogP contribution in [0.2, 0.25) is 0 Å². The summed E-state index contributed by atoms with van der Waals surface area (Å²) in [6.45, 7) is 4.14. The van der Waals surface area contributed by atoms with E-state index < -0.39 is 5.82 Å². The first-order valence-electron chi connectivity index (χ1n) is 6.87. The van der Waals surface area contributed by atoms with Crippen LogP contribution in [0.5, 0.6) is 5.75 Å². The molecule has 1 saturated heterocycles. The summed E-state index contributed by atoms with van der Waals surface area (Å²) < 4.78 is 19.0. The zero-order chi connectivity index (χ0) is 15.4. The molecule has 114 valence electrons. The van der Waals surface area contributed by atoms with Gasteiger partial charge in [0.15, 0.2) is 24.0 Å². The second kappa shape index (κ2) is 6.67. The number of carbonyl (C=O) groups is 2. The summed E-state index contributed by atoms with van der Waals surface area (Å²) >= 11 is 0.